The van der Waals surface area contributed by atoms with Gasteiger partial charge in [0.2, 0.25) is 0 Å². The predicted octanol–water partition coefficient (Wildman–Crippen LogP) is 1.21. The summed E-state index contributed by atoms with van der Waals surface area (Å²) in [4.78, 5) is 20.7. The van der Waals surface area contributed by atoms with Crippen LogP contribution in [0.25, 0.3) is 0 Å². The van der Waals surface area contributed by atoms with Crippen LogP contribution in [-0.2, 0) is 4.74 Å². The van der Waals surface area contributed by atoms with Gasteiger partial charge in [-0.05, 0) is 33.2 Å². The Kier molecular flexibility index (Phi) is 8.66. The Labute approximate surface area is 89.7 Å². The van der Waals surface area contributed by atoms with Crippen molar-refractivity contribution in [2.75, 3.05) is 19.8 Å². The number of carbonyl (C=O) groups excluding carboxylic acids is 1. The molecule has 1 amide bonds. The monoisotopic (exact) mass is 217 g/mol. The number of carbonyl (C=O) groups is 1. The van der Waals surface area contributed by atoms with Crippen molar-refractivity contribution >= 4 is 6.09 Å². The van der Waals surface area contributed by atoms with Crippen molar-refractivity contribution in [3.63, 3.8) is 0 Å². The molecule has 0 heterocycles. The Morgan fingerprint density at radius 2 is 2.13 bits per heavy atom. The lowest BCUT2D eigenvalue weighted by Crippen LogP contribution is -2.35. The molecule has 6 heteroatoms. The summed E-state index contributed by atoms with van der Waals surface area (Å²) < 4.78 is 4.85. The highest BCUT2D eigenvalue weighted by Crippen LogP contribution is 1.88. The second kappa shape index (κ2) is 9.39. The van der Waals surface area contributed by atoms with E-state index in [-0.39, 0.29) is 6.10 Å². The molecule has 0 aliphatic heterocycles. The van der Waals surface area contributed by atoms with Crippen molar-refractivity contribution in [3.8, 4) is 0 Å². The Morgan fingerprint density at radius 3 is 2.73 bits per heavy atom. The highest BCUT2D eigenvalue weighted by Gasteiger charge is 2.02. The fourth-order valence-corrected chi connectivity index (χ4v) is 0.905. The zero-order valence-corrected chi connectivity index (χ0v) is 9.28. The number of hydrogen-bond acceptors (Lipinski definition) is 5. The van der Waals surface area contributed by atoms with Crippen LogP contribution in [0, 0.1) is 4.91 Å². The van der Waals surface area contributed by atoms with Crippen molar-refractivity contribution in [1.82, 2.24) is 10.6 Å². The molecule has 0 saturated carbocycles. The van der Waals surface area contributed by atoms with Gasteiger partial charge in [0.15, 0.2) is 0 Å². The molecule has 0 fully saturated rings. The third kappa shape index (κ3) is 10.8. The van der Waals surface area contributed by atoms with Crippen LogP contribution in [0.15, 0.2) is 5.18 Å². The quantitative estimate of drug-likeness (QED) is 0.364. The highest BCUT2D eigenvalue weighted by molar-refractivity contribution is 5.67. The molecule has 0 aromatic rings. The van der Waals surface area contributed by atoms with Crippen molar-refractivity contribution in [2.24, 2.45) is 5.18 Å². The lowest BCUT2D eigenvalue weighted by molar-refractivity contribution is 0.115. The normalized spacial score (nSPS) is 10.1. The summed E-state index contributed by atoms with van der Waals surface area (Å²) in [6.07, 6.45) is 1.11. The van der Waals surface area contributed by atoms with E-state index in [1.807, 2.05) is 0 Å². The topological polar surface area (TPSA) is 79.8 Å². The van der Waals surface area contributed by atoms with Gasteiger partial charge in [-0.3, -0.25) is 5.32 Å². The lowest BCUT2D eigenvalue weighted by atomic mass is 10.3. The van der Waals surface area contributed by atoms with Gasteiger partial charge in [0.05, 0.1) is 19.3 Å². The lowest BCUT2D eigenvalue weighted by Gasteiger charge is -2.09. The van der Waals surface area contributed by atoms with E-state index >= 15 is 0 Å². The van der Waals surface area contributed by atoms with E-state index in [9.17, 15) is 9.70 Å². The first-order valence-electron chi connectivity index (χ1n) is 5.11. The van der Waals surface area contributed by atoms with Gasteiger partial charge in [0.25, 0.3) is 0 Å². The first-order valence-corrected chi connectivity index (χ1v) is 5.11. The molecule has 0 rings (SSSR count). The van der Waals surface area contributed by atoms with Crippen LogP contribution in [0.2, 0.25) is 0 Å². The van der Waals surface area contributed by atoms with E-state index in [1.165, 1.54) is 0 Å². The number of unbranched alkanes of at least 4 members (excludes halogenated alkanes) is 1. The standard InChI is InChI=1S/C9H19N3O3/c1-8(2)15-9(13)11-7-10-5-3-4-6-12-14/h8,10H,3-7H2,1-2H3,(H,11,13). The fourth-order valence-electron chi connectivity index (χ4n) is 0.905. The maximum Gasteiger partial charge on any atom is 0.408 e. The number of rotatable bonds is 8. The fraction of sp³-hybridized carbons (Fsp3) is 0.889. The van der Waals surface area contributed by atoms with Crippen LogP contribution in [0.3, 0.4) is 0 Å². The van der Waals surface area contributed by atoms with Crippen molar-refractivity contribution in [3.05, 3.63) is 4.91 Å². The Hall–Kier alpha value is -1.17. The van der Waals surface area contributed by atoms with E-state index < -0.39 is 6.09 Å². The minimum absolute atomic E-state index is 0.108. The summed E-state index contributed by atoms with van der Waals surface area (Å²) in [5, 5.41) is 8.29. The van der Waals surface area contributed by atoms with E-state index in [4.69, 9.17) is 4.74 Å². The Balaban J connectivity index is 3.16. The van der Waals surface area contributed by atoms with E-state index in [1.54, 1.807) is 13.8 Å². The molecular formula is C9H19N3O3. The van der Waals surface area contributed by atoms with Gasteiger partial charge in [0, 0.05) is 0 Å². The van der Waals surface area contributed by atoms with Crippen molar-refractivity contribution in [2.45, 2.75) is 32.8 Å². The maximum atomic E-state index is 11.0. The molecule has 0 bridgehead atoms. The van der Waals surface area contributed by atoms with Crippen LogP contribution in [0.4, 0.5) is 4.79 Å². The maximum absolute atomic E-state index is 11.0. The SMILES string of the molecule is CC(C)OC(=O)NCNCCCCN=O. The number of nitrogens with one attached hydrogen (secondary N) is 2. The third-order valence-corrected chi connectivity index (χ3v) is 1.55. The van der Waals surface area contributed by atoms with Crippen LogP contribution < -0.4 is 10.6 Å². The van der Waals surface area contributed by atoms with Gasteiger partial charge in [-0.25, -0.2) is 4.79 Å². The summed E-state index contributed by atoms with van der Waals surface area (Å²) in [7, 11) is 0. The van der Waals surface area contributed by atoms with E-state index in [0.29, 0.717) is 13.2 Å². The first-order chi connectivity index (χ1) is 7.16. The number of alkyl carbamates (subject to hydrolysis) is 1. The largest absolute Gasteiger partial charge is 0.447 e. The van der Waals surface area contributed by atoms with Crippen molar-refractivity contribution in [1.29, 1.82) is 0 Å². The summed E-state index contributed by atoms with van der Waals surface area (Å²) >= 11 is 0. The minimum atomic E-state index is -0.424. The van der Waals surface area contributed by atoms with Crippen LogP contribution in [0.5, 0.6) is 0 Å². The number of nitrogens with zero attached hydrogens (tertiary/aromatic N) is 1. The molecule has 15 heavy (non-hydrogen) atoms. The van der Waals surface area contributed by atoms with Crippen LogP contribution >= 0.6 is 0 Å². The highest BCUT2D eigenvalue weighted by atomic mass is 16.6. The summed E-state index contributed by atoms with van der Waals surface area (Å²) in [6, 6.07) is 0. The van der Waals surface area contributed by atoms with Gasteiger partial charge in [-0.2, -0.15) is 4.91 Å². The summed E-state index contributed by atoms with van der Waals surface area (Å²) in [5.41, 5.74) is 0. The Morgan fingerprint density at radius 1 is 1.40 bits per heavy atom. The molecular weight excluding hydrogens is 198 g/mol. The molecule has 0 aliphatic rings. The van der Waals surface area contributed by atoms with Gasteiger partial charge >= 0.3 is 6.09 Å². The zero-order chi connectivity index (χ0) is 11.5. The smallest absolute Gasteiger partial charge is 0.408 e. The molecule has 88 valence electrons. The zero-order valence-electron chi connectivity index (χ0n) is 9.28. The molecule has 0 radical (unpaired) electrons. The second-order valence-corrected chi connectivity index (χ2v) is 3.37. The average molecular weight is 217 g/mol. The second-order valence-electron chi connectivity index (χ2n) is 3.37. The minimum Gasteiger partial charge on any atom is -0.447 e. The summed E-state index contributed by atoms with van der Waals surface area (Å²) in [5.74, 6) is 0. The number of amides is 1. The molecule has 0 unspecified atom stereocenters. The van der Waals surface area contributed by atoms with Crippen molar-refractivity contribution < 1.29 is 9.53 Å². The predicted molar refractivity (Wildman–Crippen MR) is 57.5 cm³/mol. The van der Waals surface area contributed by atoms with Gasteiger partial charge in [0.1, 0.15) is 0 Å². The van der Waals surface area contributed by atoms with Gasteiger partial charge in [-0.1, -0.05) is 5.18 Å². The van der Waals surface area contributed by atoms with Crippen LogP contribution in [-0.4, -0.2) is 32.0 Å². The van der Waals surface area contributed by atoms with Crippen LogP contribution in [0.1, 0.15) is 26.7 Å². The average Bonchev–Trinajstić information content (AvgIpc) is 2.15. The molecule has 0 saturated heterocycles. The molecule has 0 aromatic heterocycles. The third-order valence-electron chi connectivity index (χ3n) is 1.55. The molecule has 0 spiro atoms. The molecule has 0 aliphatic carbocycles. The number of ether oxygens (including phenoxy) is 1. The Bertz CT molecular complexity index is 185. The van der Waals surface area contributed by atoms with Gasteiger partial charge in [-0.15, -0.1) is 0 Å². The molecule has 0 atom stereocenters. The number of nitroso groups, excluding NO2 is 1. The van der Waals surface area contributed by atoms with Gasteiger partial charge < -0.3 is 10.1 Å². The molecule has 6 nitrogen and oxygen atoms in total. The van der Waals surface area contributed by atoms with E-state index in [0.717, 1.165) is 19.4 Å². The first kappa shape index (κ1) is 13.8. The number of hydrogen-bond donors (Lipinski definition) is 2. The molecule has 2 N–H and O–H groups in total. The summed E-state index contributed by atoms with van der Waals surface area (Å²) in [6.45, 7) is 5.06. The molecule has 0 aromatic carbocycles. The van der Waals surface area contributed by atoms with E-state index in [2.05, 4.69) is 15.8 Å².